The molecule has 3 rings (SSSR count). The van der Waals surface area contributed by atoms with Crippen LogP contribution in [0.1, 0.15) is 43.6 Å². The van der Waals surface area contributed by atoms with Crippen LogP contribution in [0, 0.1) is 10.1 Å². The van der Waals surface area contributed by atoms with Crippen LogP contribution in [0.4, 0.5) is 5.69 Å². The number of carbonyl (C=O) groups is 2. The number of carbonyl (C=O) groups excluding carboxylic acids is 2. The minimum absolute atomic E-state index is 0.00259. The molecular weight excluding hydrogens is 310 g/mol. The third-order valence-corrected chi connectivity index (χ3v) is 3.81. The summed E-state index contributed by atoms with van der Waals surface area (Å²) in [6.45, 7) is 0. The number of aldehydes is 2. The standard InChI is InChI=1S/C17H13N3O4/c21-9-14-5-12(7-18-14)17(13-6-15(10-22)19-8-13)11-1-3-16(4-2-11)20(23)24/h1-10,17-19H. The lowest BCUT2D eigenvalue weighted by molar-refractivity contribution is -0.384. The fraction of sp³-hybridized carbons (Fsp3) is 0.0588. The molecule has 2 heterocycles. The normalized spacial score (nSPS) is 10.7. The second-order valence-corrected chi connectivity index (χ2v) is 5.29. The first-order valence-electron chi connectivity index (χ1n) is 7.13. The monoisotopic (exact) mass is 323 g/mol. The molecule has 0 saturated carbocycles. The van der Waals surface area contributed by atoms with Crippen molar-refractivity contribution in [2.45, 2.75) is 5.92 Å². The molecule has 2 N–H and O–H groups in total. The van der Waals surface area contributed by atoms with Crippen LogP contribution in [0.5, 0.6) is 0 Å². The molecule has 0 atom stereocenters. The lowest BCUT2D eigenvalue weighted by Gasteiger charge is -2.15. The Balaban J connectivity index is 2.08. The van der Waals surface area contributed by atoms with Crippen molar-refractivity contribution in [1.82, 2.24) is 9.97 Å². The highest BCUT2D eigenvalue weighted by atomic mass is 16.6. The molecular formula is C17H13N3O4. The zero-order chi connectivity index (χ0) is 17.1. The van der Waals surface area contributed by atoms with E-state index in [-0.39, 0.29) is 11.6 Å². The van der Waals surface area contributed by atoms with E-state index in [1.807, 2.05) is 0 Å². The average molecular weight is 323 g/mol. The number of benzene rings is 1. The van der Waals surface area contributed by atoms with Gasteiger partial charge >= 0.3 is 0 Å². The fourth-order valence-electron chi connectivity index (χ4n) is 2.69. The average Bonchev–Trinajstić information content (AvgIpc) is 3.25. The predicted molar refractivity (Wildman–Crippen MR) is 86.4 cm³/mol. The Morgan fingerprint density at radius 1 is 0.875 bits per heavy atom. The van der Waals surface area contributed by atoms with Crippen molar-refractivity contribution in [3.63, 3.8) is 0 Å². The highest BCUT2D eigenvalue weighted by Crippen LogP contribution is 2.33. The van der Waals surface area contributed by atoms with Gasteiger partial charge in [-0.05, 0) is 28.8 Å². The summed E-state index contributed by atoms with van der Waals surface area (Å²) in [5.74, 6) is -0.263. The van der Waals surface area contributed by atoms with Crippen LogP contribution in [0.25, 0.3) is 0 Å². The van der Waals surface area contributed by atoms with Crippen molar-refractivity contribution in [1.29, 1.82) is 0 Å². The minimum Gasteiger partial charge on any atom is -0.359 e. The SMILES string of the molecule is O=Cc1cc(C(c2ccc([N+](=O)[O-])cc2)c2c[nH]c(C=O)c2)c[nH]1. The number of aromatic amines is 2. The summed E-state index contributed by atoms with van der Waals surface area (Å²) in [6, 6.07) is 9.64. The second kappa shape index (κ2) is 6.33. The summed E-state index contributed by atoms with van der Waals surface area (Å²) in [7, 11) is 0. The summed E-state index contributed by atoms with van der Waals surface area (Å²) >= 11 is 0. The van der Waals surface area contributed by atoms with Gasteiger partial charge in [0.05, 0.1) is 16.3 Å². The molecule has 1 aromatic carbocycles. The Kier molecular flexibility index (Phi) is 4.07. The largest absolute Gasteiger partial charge is 0.359 e. The number of nitrogens with one attached hydrogen (secondary N) is 2. The molecule has 0 radical (unpaired) electrons. The van der Waals surface area contributed by atoms with Gasteiger partial charge in [-0.3, -0.25) is 19.7 Å². The van der Waals surface area contributed by atoms with Gasteiger partial charge in [-0.1, -0.05) is 12.1 Å². The van der Waals surface area contributed by atoms with Gasteiger partial charge in [-0.25, -0.2) is 0 Å². The van der Waals surface area contributed by atoms with Crippen molar-refractivity contribution in [2.24, 2.45) is 0 Å². The lowest BCUT2D eigenvalue weighted by Crippen LogP contribution is -2.01. The maximum atomic E-state index is 10.9. The fourth-order valence-corrected chi connectivity index (χ4v) is 2.69. The zero-order valence-electron chi connectivity index (χ0n) is 12.4. The number of rotatable bonds is 6. The third-order valence-electron chi connectivity index (χ3n) is 3.81. The van der Waals surface area contributed by atoms with Gasteiger partial charge in [-0.15, -0.1) is 0 Å². The van der Waals surface area contributed by atoms with E-state index in [2.05, 4.69) is 9.97 Å². The molecule has 0 aliphatic rings. The molecule has 0 spiro atoms. The van der Waals surface area contributed by atoms with E-state index in [9.17, 15) is 19.7 Å². The molecule has 120 valence electrons. The van der Waals surface area contributed by atoms with Gasteiger partial charge in [0.25, 0.3) is 5.69 Å². The van der Waals surface area contributed by atoms with Crippen molar-refractivity contribution in [3.8, 4) is 0 Å². The predicted octanol–water partition coefficient (Wildman–Crippen LogP) is 3.06. The van der Waals surface area contributed by atoms with Gasteiger partial charge in [0, 0.05) is 30.4 Å². The number of aromatic nitrogens is 2. The second-order valence-electron chi connectivity index (χ2n) is 5.29. The van der Waals surface area contributed by atoms with Gasteiger partial charge in [0.2, 0.25) is 0 Å². The number of hydrogen-bond acceptors (Lipinski definition) is 4. The van der Waals surface area contributed by atoms with Crippen molar-refractivity contribution >= 4 is 18.3 Å². The summed E-state index contributed by atoms with van der Waals surface area (Å²) in [4.78, 5) is 38.0. The summed E-state index contributed by atoms with van der Waals surface area (Å²) in [5, 5.41) is 10.8. The molecule has 0 aliphatic heterocycles. The summed E-state index contributed by atoms with van der Waals surface area (Å²) < 4.78 is 0. The Morgan fingerprint density at radius 2 is 1.38 bits per heavy atom. The maximum Gasteiger partial charge on any atom is 0.269 e. The van der Waals surface area contributed by atoms with E-state index in [1.54, 1.807) is 36.7 Å². The Bertz CT molecular complexity index is 846. The van der Waals surface area contributed by atoms with Crippen LogP contribution >= 0.6 is 0 Å². The highest BCUT2D eigenvalue weighted by molar-refractivity contribution is 5.74. The van der Waals surface area contributed by atoms with E-state index in [0.717, 1.165) is 16.7 Å². The first-order chi connectivity index (χ1) is 11.6. The quantitative estimate of drug-likeness (QED) is 0.413. The first-order valence-corrected chi connectivity index (χ1v) is 7.13. The van der Waals surface area contributed by atoms with Crippen LogP contribution in [-0.2, 0) is 0 Å². The molecule has 0 fully saturated rings. The molecule has 7 nitrogen and oxygen atoms in total. The lowest BCUT2D eigenvalue weighted by atomic mass is 9.87. The molecule has 7 heteroatoms. The van der Waals surface area contributed by atoms with E-state index < -0.39 is 4.92 Å². The number of nitro groups is 1. The van der Waals surface area contributed by atoms with Crippen LogP contribution < -0.4 is 0 Å². The molecule has 0 unspecified atom stereocenters. The number of non-ortho nitro benzene ring substituents is 1. The smallest absolute Gasteiger partial charge is 0.269 e. The number of H-pyrrole nitrogens is 2. The van der Waals surface area contributed by atoms with Crippen LogP contribution in [0.3, 0.4) is 0 Å². The molecule has 0 saturated heterocycles. The first kappa shape index (κ1) is 15.4. The molecule has 0 aliphatic carbocycles. The Hall–Kier alpha value is -3.48. The van der Waals surface area contributed by atoms with Crippen molar-refractivity contribution < 1.29 is 14.5 Å². The van der Waals surface area contributed by atoms with Gasteiger partial charge in [0.15, 0.2) is 12.6 Å². The number of hydrogen-bond donors (Lipinski definition) is 2. The van der Waals surface area contributed by atoms with E-state index in [4.69, 9.17) is 0 Å². The van der Waals surface area contributed by atoms with Crippen LogP contribution in [0.15, 0.2) is 48.8 Å². The minimum atomic E-state index is -0.458. The maximum absolute atomic E-state index is 10.9. The van der Waals surface area contributed by atoms with Crippen molar-refractivity contribution in [3.05, 3.63) is 87.0 Å². The molecule has 2 aromatic heterocycles. The van der Waals surface area contributed by atoms with Crippen LogP contribution in [-0.4, -0.2) is 27.5 Å². The van der Waals surface area contributed by atoms with E-state index in [1.165, 1.54) is 12.1 Å². The van der Waals surface area contributed by atoms with Gasteiger partial charge in [0.1, 0.15) is 0 Å². The van der Waals surface area contributed by atoms with E-state index in [0.29, 0.717) is 24.0 Å². The molecule has 0 amide bonds. The van der Waals surface area contributed by atoms with Crippen LogP contribution in [0.2, 0.25) is 0 Å². The van der Waals surface area contributed by atoms with Gasteiger partial charge in [-0.2, -0.15) is 0 Å². The zero-order valence-corrected chi connectivity index (χ0v) is 12.4. The van der Waals surface area contributed by atoms with Crippen molar-refractivity contribution in [2.75, 3.05) is 0 Å². The summed E-state index contributed by atoms with van der Waals surface area (Å²) in [6.07, 6.45) is 4.85. The Labute approximate surface area is 136 Å². The Morgan fingerprint density at radius 3 is 1.75 bits per heavy atom. The van der Waals surface area contributed by atoms with Gasteiger partial charge < -0.3 is 9.97 Å². The molecule has 24 heavy (non-hydrogen) atoms. The molecule has 3 aromatic rings. The van der Waals surface area contributed by atoms with E-state index >= 15 is 0 Å². The molecule has 0 bridgehead atoms. The number of nitrogens with zero attached hydrogens (tertiary/aromatic N) is 1. The summed E-state index contributed by atoms with van der Waals surface area (Å²) in [5.41, 5.74) is 3.33. The highest BCUT2D eigenvalue weighted by Gasteiger charge is 2.20. The third kappa shape index (κ3) is 2.87. The number of nitro benzene ring substituents is 1. The topological polar surface area (TPSA) is 109 Å².